The van der Waals surface area contributed by atoms with Gasteiger partial charge in [-0.15, -0.1) is 0 Å². The van der Waals surface area contributed by atoms with Crippen LogP contribution in [0.25, 0.3) is 0 Å². The summed E-state index contributed by atoms with van der Waals surface area (Å²) in [4.78, 5) is 0. The summed E-state index contributed by atoms with van der Waals surface area (Å²) < 4.78 is 5.13. The second-order valence-electron chi connectivity index (χ2n) is 3.46. The minimum atomic E-state index is -0.974. The minimum Gasteiger partial charge on any atom is -0.394 e. The van der Waals surface area contributed by atoms with Crippen LogP contribution in [0.2, 0.25) is 0 Å². The van der Waals surface area contributed by atoms with Crippen LogP contribution in [0.1, 0.15) is 6.42 Å². The highest BCUT2D eigenvalue weighted by Crippen LogP contribution is 2.10. The molecule has 78 valence electrons. The van der Waals surface area contributed by atoms with Crippen molar-refractivity contribution >= 4 is 0 Å². The van der Waals surface area contributed by atoms with Gasteiger partial charge in [-0.25, -0.2) is 0 Å². The number of aliphatic hydroxyl groups is 3. The Bertz CT molecular complexity index is 135. The molecule has 0 aliphatic carbocycles. The van der Waals surface area contributed by atoms with Gasteiger partial charge >= 0.3 is 0 Å². The molecule has 1 fully saturated rings. The number of rotatable bonds is 5. The van der Waals surface area contributed by atoms with Crippen molar-refractivity contribution < 1.29 is 20.1 Å². The lowest BCUT2D eigenvalue weighted by Gasteiger charge is -2.31. The SMILES string of the molecule is OCC(CO)(CO)NC1CCOC1. The molecule has 5 nitrogen and oxygen atoms in total. The molecule has 5 heteroatoms. The molecule has 1 aliphatic heterocycles. The molecule has 0 bridgehead atoms. The maximum absolute atomic E-state index is 9.01. The Morgan fingerprint density at radius 1 is 1.23 bits per heavy atom. The summed E-state index contributed by atoms with van der Waals surface area (Å²) in [6.07, 6.45) is 0.849. The Hall–Kier alpha value is -0.200. The second-order valence-corrected chi connectivity index (χ2v) is 3.46. The molecule has 0 aromatic heterocycles. The van der Waals surface area contributed by atoms with E-state index in [9.17, 15) is 0 Å². The van der Waals surface area contributed by atoms with Crippen LogP contribution in [-0.2, 0) is 4.74 Å². The smallest absolute Gasteiger partial charge is 0.0884 e. The van der Waals surface area contributed by atoms with E-state index in [-0.39, 0.29) is 25.9 Å². The predicted molar refractivity (Wildman–Crippen MR) is 46.3 cm³/mol. The van der Waals surface area contributed by atoms with Crippen molar-refractivity contribution in [1.29, 1.82) is 0 Å². The highest BCUT2D eigenvalue weighted by Gasteiger charge is 2.31. The molecule has 0 aromatic carbocycles. The van der Waals surface area contributed by atoms with E-state index in [1.807, 2.05) is 0 Å². The summed E-state index contributed by atoms with van der Waals surface area (Å²) in [6, 6.07) is 0.117. The van der Waals surface area contributed by atoms with Crippen LogP contribution in [0.3, 0.4) is 0 Å². The number of nitrogens with one attached hydrogen (secondary N) is 1. The van der Waals surface area contributed by atoms with Gasteiger partial charge in [0.05, 0.1) is 32.0 Å². The van der Waals surface area contributed by atoms with Crippen LogP contribution in [0.5, 0.6) is 0 Å². The monoisotopic (exact) mass is 191 g/mol. The Morgan fingerprint density at radius 2 is 1.85 bits per heavy atom. The molecule has 0 saturated carbocycles. The number of aliphatic hydroxyl groups excluding tert-OH is 3. The topological polar surface area (TPSA) is 82.0 Å². The third-order valence-corrected chi connectivity index (χ3v) is 2.35. The molecule has 1 atom stereocenters. The van der Waals surface area contributed by atoms with Gasteiger partial charge in [-0.05, 0) is 6.42 Å². The van der Waals surface area contributed by atoms with Gasteiger partial charge in [-0.3, -0.25) is 0 Å². The molecule has 0 spiro atoms. The zero-order chi connectivity index (χ0) is 9.73. The first-order valence-electron chi connectivity index (χ1n) is 4.44. The van der Waals surface area contributed by atoms with Crippen molar-refractivity contribution in [3.05, 3.63) is 0 Å². The first-order chi connectivity index (χ1) is 6.26. The predicted octanol–water partition coefficient (Wildman–Crippen LogP) is -1.92. The molecular formula is C8H17NO4. The molecule has 1 unspecified atom stereocenters. The number of ether oxygens (including phenoxy) is 1. The van der Waals surface area contributed by atoms with Crippen LogP contribution >= 0.6 is 0 Å². The van der Waals surface area contributed by atoms with Gasteiger partial charge in [0, 0.05) is 12.6 Å². The van der Waals surface area contributed by atoms with Crippen LogP contribution in [0, 0.1) is 0 Å². The average molecular weight is 191 g/mol. The maximum atomic E-state index is 9.01. The molecule has 1 heterocycles. The molecule has 0 amide bonds. The van der Waals surface area contributed by atoms with E-state index in [1.54, 1.807) is 0 Å². The Balaban J connectivity index is 2.44. The maximum Gasteiger partial charge on any atom is 0.0884 e. The Labute approximate surface area is 77.3 Å². The summed E-state index contributed by atoms with van der Waals surface area (Å²) in [5.41, 5.74) is -0.974. The molecule has 1 rings (SSSR count). The van der Waals surface area contributed by atoms with E-state index < -0.39 is 5.54 Å². The lowest BCUT2D eigenvalue weighted by atomic mass is 10.0. The lowest BCUT2D eigenvalue weighted by Crippen LogP contribution is -2.58. The fourth-order valence-corrected chi connectivity index (χ4v) is 1.37. The van der Waals surface area contributed by atoms with Gasteiger partial charge in [0.25, 0.3) is 0 Å². The fourth-order valence-electron chi connectivity index (χ4n) is 1.37. The van der Waals surface area contributed by atoms with Gasteiger partial charge in [-0.2, -0.15) is 0 Å². The van der Waals surface area contributed by atoms with Crippen LogP contribution in [0.4, 0.5) is 0 Å². The minimum absolute atomic E-state index is 0.117. The van der Waals surface area contributed by atoms with Crippen LogP contribution in [0.15, 0.2) is 0 Å². The van der Waals surface area contributed by atoms with E-state index in [1.165, 1.54) is 0 Å². The van der Waals surface area contributed by atoms with E-state index >= 15 is 0 Å². The third-order valence-electron chi connectivity index (χ3n) is 2.35. The van der Waals surface area contributed by atoms with Crippen LogP contribution in [-0.4, -0.2) is 59.9 Å². The zero-order valence-electron chi connectivity index (χ0n) is 7.57. The molecule has 4 N–H and O–H groups in total. The number of hydrogen-bond acceptors (Lipinski definition) is 5. The van der Waals surface area contributed by atoms with Crippen molar-refractivity contribution in [3.63, 3.8) is 0 Å². The largest absolute Gasteiger partial charge is 0.394 e. The van der Waals surface area contributed by atoms with Gasteiger partial charge in [0.2, 0.25) is 0 Å². The molecule has 0 aromatic rings. The summed E-state index contributed by atoms with van der Waals surface area (Å²) in [6.45, 7) is 0.418. The van der Waals surface area contributed by atoms with E-state index in [0.717, 1.165) is 6.42 Å². The highest BCUT2D eigenvalue weighted by molar-refractivity contribution is 4.90. The van der Waals surface area contributed by atoms with Crippen molar-refractivity contribution in [2.24, 2.45) is 0 Å². The molecule has 0 radical (unpaired) electrons. The Morgan fingerprint density at radius 3 is 2.23 bits per heavy atom. The summed E-state index contributed by atoms with van der Waals surface area (Å²) in [5, 5.41) is 30.0. The summed E-state index contributed by atoms with van der Waals surface area (Å²) >= 11 is 0. The second kappa shape index (κ2) is 4.88. The van der Waals surface area contributed by atoms with Gasteiger partial charge in [0.1, 0.15) is 0 Å². The average Bonchev–Trinajstić information content (AvgIpc) is 2.67. The van der Waals surface area contributed by atoms with Gasteiger partial charge in [0.15, 0.2) is 0 Å². The normalized spacial score (nSPS) is 23.8. The highest BCUT2D eigenvalue weighted by atomic mass is 16.5. The summed E-state index contributed by atoms with van der Waals surface area (Å²) in [7, 11) is 0. The summed E-state index contributed by atoms with van der Waals surface area (Å²) in [5.74, 6) is 0. The zero-order valence-corrected chi connectivity index (χ0v) is 7.57. The molecule has 1 saturated heterocycles. The van der Waals surface area contributed by atoms with Gasteiger partial charge in [-0.1, -0.05) is 0 Å². The van der Waals surface area contributed by atoms with E-state index in [0.29, 0.717) is 13.2 Å². The first-order valence-corrected chi connectivity index (χ1v) is 4.44. The number of hydrogen-bond donors (Lipinski definition) is 4. The molecule has 13 heavy (non-hydrogen) atoms. The van der Waals surface area contributed by atoms with Crippen molar-refractivity contribution in [2.45, 2.75) is 18.0 Å². The van der Waals surface area contributed by atoms with Gasteiger partial charge < -0.3 is 25.4 Å². The molecule has 1 aliphatic rings. The molecular weight excluding hydrogens is 174 g/mol. The van der Waals surface area contributed by atoms with Crippen molar-refractivity contribution in [2.75, 3.05) is 33.0 Å². The lowest BCUT2D eigenvalue weighted by molar-refractivity contribution is 0.0329. The van der Waals surface area contributed by atoms with Crippen molar-refractivity contribution in [3.8, 4) is 0 Å². The van der Waals surface area contributed by atoms with Crippen molar-refractivity contribution in [1.82, 2.24) is 5.32 Å². The fraction of sp³-hybridized carbons (Fsp3) is 1.00. The van der Waals surface area contributed by atoms with E-state index in [4.69, 9.17) is 20.1 Å². The third kappa shape index (κ3) is 2.62. The standard InChI is InChI=1S/C8H17NO4/c10-4-8(5-11,6-12)9-7-1-2-13-3-7/h7,9-12H,1-6H2. The van der Waals surface area contributed by atoms with E-state index in [2.05, 4.69) is 5.32 Å². The quantitative estimate of drug-likeness (QED) is 0.407. The first kappa shape index (κ1) is 10.9. The Kier molecular flexibility index (Phi) is 4.08. The van der Waals surface area contributed by atoms with Crippen LogP contribution < -0.4 is 5.32 Å².